The van der Waals surface area contributed by atoms with Crippen molar-refractivity contribution in [3.8, 4) is 17.0 Å². The van der Waals surface area contributed by atoms with Gasteiger partial charge in [-0.2, -0.15) is 0 Å². The predicted octanol–water partition coefficient (Wildman–Crippen LogP) is 4.36. The van der Waals surface area contributed by atoms with Crippen LogP contribution in [0.2, 0.25) is 0 Å². The van der Waals surface area contributed by atoms with E-state index in [-0.39, 0.29) is 11.8 Å². The van der Waals surface area contributed by atoms with Crippen LogP contribution < -0.4 is 20.4 Å². The highest BCUT2D eigenvalue weighted by Gasteiger charge is 2.21. The molecule has 0 unspecified atom stereocenters. The summed E-state index contributed by atoms with van der Waals surface area (Å²) in [4.78, 5) is 32.3. The van der Waals surface area contributed by atoms with Gasteiger partial charge in [0, 0.05) is 74.1 Å². The van der Waals surface area contributed by atoms with E-state index in [0.717, 1.165) is 65.7 Å². The van der Waals surface area contributed by atoms with Gasteiger partial charge in [0.2, 0.25) is 11.8 Å². The van der Waals surface area contributed by atoms with Crippen LogP contribution in [0.3, 0.4) is 0 Å². The van der Waals surface area contributed by atoms with E-state index in [1.807, 2.05) is 58.6 Å². The van der Waals surface area contributed by atoms with Crippen molar-refractivity contribution in [2.75, 3.05) is 48.9 Å². The summed E-state index contributed by atoms with van der Waals surface area (Å²) in [5, 5.41) is 4.81. The fourth-order valence-electron chi connectivity index (χ4n) is 4.89. The topological polar surface area (TPSA) is 90.0 Å². The van der Waals surface area contributed by atoms with Crippen molar-refractivity contribution in [3.63, 3.8) is 0 Å². The van der Waals surface area contributed by atoms with Crippen molar-refractivity contribution in [2.45, 2.75) is 13.5 Å². The third-order valence-corrected chi connectivity index (χ3v) is 6.98. The van der Waals surface area contributed by atoms with Gasteiger partial charge in [0.05, 0.1) is 25.0 Å². The maximum absolute atomic E-state index is 11.8. The summed E-state index contributed by atoms with van der Waals surface area (Å²) in [6.45, 7) is 8.73. The average molecular weight is 525 g/mol. The molecule has 2 amide bonds. The third-order valence-electron chi connectivity index (χ3n) is 6.98. The molecular weight excluding hydrogens is 492 g/mol. The molecule has 3 aromatic rings. The van der Waals surface area contributed by atoms with Gasteiger partial charge in [0.15, 0.2) is 0 Å². The van der Waals surface area contributed by atoms with Crippen molar-refractivity contribution < 1.29 is 14.3 Å². The predicted molar refractivity (Wildman–Crippen MR) is 154 cm³/mol. The smallest absolute Gasteiger partial charge is 0.247 e. The molecule has 0 radical (unpaired) electrons. The largest absolute Gasteiger partial charge is 0.494 e. The number of rotatable bonds is 7. The van der Waals surface area contributed by atoms with Gasteiger partial charge >= 0.3 is 0 Å². The van der Waals surface area contributed by atoms with Gasteiger partial charge in [0.1, 0.15) is 5.75 Å². The molecule has 2 aliphatic heterocycles. The summed E-state index contributed by atoms with van der Waals surface area (Å²) in [7, 11) is 1.67. The number of nitrogens with one attached hydrogen (secondary N) is 2. The third kappa shape index (κ3) is 5.72. The van der Waals surface area contributed by atoms with Crippen LogP contribution in [0.25, 0.3) is 17.3 Å². The minimum absolute atomic E-state index is 0.119. The molecule has 3 heterocycles. The Morgan fingerprint density at radius 1 is 1.08 bits per heavy atom. The highest BCUT2D eigenvalue weighted by atomic mass is 16.5. The molecule has 200 valence electrons. The van der Waals surface area contributed by atoms with Crippen molar-refractivity contribution in [1.29, 1.82) is 0 Å². The number of carbonyl (C=O) groups is 2. The molecule has 9 nitrogen and oxygen atoms in total. The highest BCUT2D eigenvalue weighted by molar-refractivity contribution is 5.99. The van der Waals surface area contributed by atoms with Crippen LogP contribution in [-0.4, -0.2) is 60.0 Å². The molecule has 2 aliphatic rings. The molecule has 1 saturated heterocycles. The first-order chi connectivity index (χ1) is 18.9. The van der Waals surface area contributed by atoms with Crippen LogP contribution in [0.15, 0.2) is 73.6 Å². The van der Waals surface area contributed by atoms with Gasteiger partial charge < -0.3 is 19.9 Å². The van der Waals surface area contributed by atoms with E-state index < -0.39 is 0 Å². The lowest BCUT2D eigenvalue weighted by Crippen LogP contribution is -2.48. The zero-order valence-electron chi connectivity index (χ0n) is 22.2. The number of ether oxygens (including phenoxy) is 1. The number of aromatic nitrogens is 1. The van der Waals surface area contributed by atoms with Crippen LogP contribution in [0.4, 0.5) is 17.1 Å². The Balaban J connectivity index is 1.33. The Bertz CT molecular complexity index is 1430. The summed E-state index contributed by atoms with van der Waals surface area (Å²) in [5.41, 5.74) is 9.99. The molecule has 2 aromatic carbocycles. The van der Waals surface area contributed by atoms with Gasteiger partial charge in [-0.25, -0.2) is 0 Å². The van der Waals surface area contributed by atoms with E-state index in [2.05, 4.69) is 39.3 Å². The molecule has 1 aromatic heterocycles. The van der Waals surface area contributed by atoms with E-state index in [4.69, 9.17) is 4.74 Å². The Labute approximate surface area is 228 Å². The number of pyridine rings is 1. The van der Waals surface area contributed by atoms with E-state index in [1.54, 1.807) is 20.2 Å². The summed E-state index contributed by atoms with van der Waals surface area (Å²) in [5.74, 6) is 0.595. The number of hydrazine groups is 1. The zero-order chi connectivity index (χ0) is 27.4. The molecular formula is C30H32N6O3. The van der Waals surface area contributed by atoms with Gasteiger partial charge in [-0.3, -0.25) is 25.0 Å². The van der Waals surface area contributed by atoms with Crippen LogP contribution in [0.1, 0.15) is 18.1 Å². The van der Waals surface area contributed by atoms with E-state index >= 15 is 0 Å². The average Bonchev–Trinajstić information content (AvgIpc) is 2.97. The molecule has 39 heavy (non-hydrogen) atoms. The van der Waals surface area contributed by atoms with Crippen molar-refractivity contribution >= 4 is 35.0 Å². The first kappa shape index (κ1) is 25.8. The summed E-state index contributed by atoms with van der Waals surface area (Å²) < 4.78 is 5.74. The summed E-state index contributed by atoms with van der Waals surface area (Å²) >= 11 is 0. The lowest BCUT2D eigenvalue weighted by Gasteiger charge is -2.36. The van der Waals surface area contributed by atoms with Gasteiger partial charge in [-0.05, 0) is 48.0 Å². The standard InChI is InChI=1S/C30H32N6O3/c1-4-29(38)32-24-7-5-6-23(18-24)30-26-20-36(13-11-22(26)10-12-31-30)33-27-9-8-25(19-28(27)39-3)35-16-14-34(15-17-35)21(2)37/h4-13,18-19,33H,1,14-17,20H2,2-3H3,(H,32,38). The number of anilines is 3. The second kappa shape index (κ2) is 11.3. The first-order valence-electron chi connectivity index (χ1n) is 12.9. The number of amides is 2. The Hall–Kier alpha value is -4.79. The normalized spacial score (nSPS) is 14.5. The van der Waals surface area contributed by atoms with E-state index in [1.165, 1.54) is 6.08 Å². The number of carbonyl (C=O) groups excluding carboxylic acids is 2. The van der Waals surface area contributed by atoms with Crippen molar-refractivity contribution in [3.05, 3.63) is 84.7 Å². The lowest BCUT2D eigenvalue weighted by molar-refractivity contribution is -0.129. The second-order valence-electron chi connectivity index (χ2n) is 9.43. The molecule has 9 heteroatoms. The SMILES string of the molecule is C=CC(=O)Nc1cccc(-c2nccc3c2CN(Nc2ccc(N4CCN(C(C)=O)CC4)cc2OC)C=C3)c1. The number of nitrogens with zero attached hydrogens (tertiary/aromatic N) is 4. The minimum atomic E-state index is -0.258. The minimum Gasteiger partial charge on any atom is -0.494 e. The monoisotopic (exact) mass is 524 g/mol. The van der Waals surface area contributed by atoms with Crippen LogP contribution in [0, 0.1) is 0 Å². The van der Waals surface area contributed by atoms with Gasteiger partial charge in [-0.1, -0.05) is 18.7 Å². The quantitative estimate of drug-likeness (QED) is 0.444. The number of methoxy groups -OCH3 is 1. The fourth-order valence-corrected chi connectivity index (χ4v) is 4.89. The molecule has 0 atom stereocenters. The van der Waals surface area contributed by atoms with Gasteiger partial charge in [0.25, 0.3) is 0 Å². The summed E-state index contributed by atoms with van der Waals surface area (Å²) in [6.07, 6.45) is 7.10. The maximum Gasteiger partial charge on any atom is 0.247 e. The molecule has 2 N–H and O–H groups in total. The second-order valence-corrected chi connectivity index (χ2v) is 9.43. The van der Waals surface area contributed by atoms with Gasteiger partial charge in [-0.15, -0.1) is 0 Å². The molecule has 1 fully saturated rings. The first-order valence-corrected chi connectivity index (χ1v) is 12.9. The Kier molecular flexibility index (Phi) is 7.49. The molecule has 0 aliphatic carbocycles. The number of hydrogen-bond donors (Lipinski definition) is 2. The Morgan fingerprint density at radius 2 is 1.90 bits per heavy atom. The number of fused-ring (bicyclic) bond motifs is 1. The molecule has 5 rings (SSSR count). The number of hydrogen-bond acceptors (Lipinski definition) is 7. The fraction of sp³-hybridized carbons (Fsp3) is 0.233. The lowest BCUT2D eigenvalue weighted by atomic mass is 9.98. The number of piperazine rings is 1. The molecule has 0 spiro atoms. The maximum atomic E-state index is 11.8. The van der Waals surface area contributed by atoms with E-state index in [9.17, 15) is 9.59 Å². The summed E-state index contributed by atoms with van der Waals surface area (Å²) in [6, 6.07) is 15.8. The Morgan fingerprint density at radius 3 is 2.64 bits per heavy atom. The van der Waals surface area contributed by atoms with Crippen LogP contribution >= 0.6 is 0 Å². The molecule has 0 bridgehead atoms. The van der Waals surface area contributed by atoms with Crippen LogP contribution in [0.5, 0.6) is 5.75 Å². The van der Waals surface area contributed by atoms with E-state index in [0.29, 0.717) is 12.2 Å². The number of benzene rings is 2. The zero-order valence-corrected chi connectivity index (χ0v) is 22.2. The van der Waals surface area contributed by atoms with Crippen molar-refractivity contribution in [1.82, 2.24) is 14.9 Å². The molecule has 0 saturated carbocycles. The highest BCUT2D eigenvalue weighted by Crippen LogP contribution is 2.34. The van der Waals surface area contributed by atoms with Crippen molar-refractivity contribution in [2.24, 2.45) is 0 Å². The van der Waals surface area contributed by atoms with Crippen LogP contribution in [-0.2, 0) is 16.1 Å².